The Balaban J connectivity index is 2.22. The molecule has 0 saturated heterocycles. The normalized spacial score (nSPS) is 12.1. The molecule has 376 valence electrons. The van der Waals surface area contributed by atoms with Gasteiger partial charge >= 0.3 is 29.8 Å². The smallest absolute Gasteiger partial charge is 0.344 e. The van der Waals surface area contributed by atoms with Gasteiger partial charge in [-0.3, -0.25) is 0 Å². The number of hydrogen-bond acceptors (Lipinski definition) is 15. The number of aryl methyl sites for hydroxylation is 1. The lowest BCUT2D eigenvalue weighted by molar-refractivity contribution is -0.158. The molecule has 0 amide bonds. The van der Waals surface area contributed by atoms with Crippen LogP contribution in [0.3, 0.4) is 0 Å². The van der Waals surface area contributed by atoms with E-state index in [1.54, 1.807) is 142 Å². The van der Waals surface area contributed by atoms with Gasteiger partial charge in [-0.1, -0.05) is 29.8 Å². The van der Waals surface area contributed by atoms with E-state index in [1.807, 2.05) is 19.1 Å². The fourth-order valence-electron chi connectivity index (χ4n) is 6.76. The molecule has 15 nitrogen and oxygen atoms in total. The standard InChI is InChI=1S/C53H74O15/c1-32-23-37(25-35-19-21-39(59-27-41(54)64-49(4,5)6)33(2)46(35)61-29-43(56)66-51(10,11)12)48(63-31-45(58)68-53(16,17)18)38(24-32)26-36-20-22-40(60-28-42(55)65-50(7,8)9)34(3)47(36)62-30-44(57)67-52(13,14)15/h19-24H,25-31H2,1-18H3. The van der Waals surface area contributed by atoms with Crippen molar-refractivity contribution in [2.45, 2.75) is 165 Å². The summed E-state index contributed by atoms with van der Waals surface area (Å²) in [7, 11) is 0. The number of ether oxygens (including phenoxy) is 10. The van der Waals surface area contributed by atoms with Crippen LogP contribution in [0.25, 0.3) is 0 Å². The minimum Gasteiger partial charge on any atom is -0.481 e. The van der Waals surface area contributed by atoms with Crippen LogP contribution in [0.15, 0.2) is 36.4 Å². The van der Waals surface area contributed by atoms with Crippen molar-refractivity contribution in [3.05, 3.63) is 75.3 Å². The number of rotatable bonds is 19. The second-order valence-electron chi connectivity index (χ2n) is 21.5. The average molecular weight is 951 g/mol. The van der Waals surface area contributed by atoms with E-state index >= 15 is 0 Å². The summed E-state index contributed by atoms with van der Waals surface area (Å²) in [6, 6.07) is 10.8. The summed E-state index contributed by atoms with van der Waals surface area (Å²) in [4.78, 5) is 64.4. The zero-order valence-corrected chi connectivity index (χ0v) is 43.5. The fourth-order valence-corrected chi connectivity index (χ4v) is 6.76. The highest BCUT2D eigenvalue weighted by Crippen LogP contribution is 2.39. The topological polar surface area (TPSA) is 178 Å². The van der Waals surface area contributed by atoms with Gasteiger partial charge < -0.3 is 47.4 Å². The maximum Gasteiger partial charge on any atom is 0.344 e. The monoisotopic (exact) mass is 951 g/mol. The predicted octanol–water partition coefficient (Wildman–Crippen LogP) is 9.40. The largest absolute Gasteiger partial charge is 0.481 e. The highest BCUT2D eigenvalue weighted by Gasteiger charge is 2.26. The lowest BCUT2D eigenvalue weighted by Gasteiger charge is -2.24. The quantitative estimate of drug-likeness (QED) is 0.0819. The van der Waals surface area contributed by atoms with Crippen LogP contribution < -0.4 is 23.7 Å². The van der Waals surface area contributed by atoms with Crippen LogP contribution in [0.2, 0.25) is 0 Å². The molecule has 0 heterocycles. The summed E-state index contributed by atoms with van der Waals surface area (Å²) in [5, 5.41) is 0. The molecule has 0 atom stereocenters. The van der Waals surface area contributed by atoms with Gasteiger partial charge in [-0.2, -0.15) is 0 Å². The Hall–Kier alpha value is -5.99. The van der Waals surface area contributed by atoms with E-state index in [0.29, 0.717) is 62.1 Å². The molecule has 0 N–H and O–H groups in total. The Labute approximate surface area is 402 Å². The van der Waals surface area contributed by atoms with Crippen LogP contribution in [0, 0.1) is 20.8 Å². The number of esters is 5. The van der Waals surface area contributed by atoms with Crippen LogP contribution in [-0.4, -0.2) is 90.9 Å². The first kappa shape index (κ1) is 56.3. The summed E-state index contributed by atoms with van der Waals surface area (Å²) in [6.45, 7) is 29.8. The molecule has 0 fully saturated rings. The van der Waals surface area contributed by atoms with Crippen molar-refractivity contribution in [3.8, 4) is 28.7 Å². The van der Waals surface area contributed by atoms with Crippen LogP contribution in [0.1, 0.15) is 143 Å². The van der Waals surface area contributed by atoms with Crippen molar-refractivity contribution in [2.75, 3.05) is 33.0 Å². The minimum atomic E-state index is -0.782. The Morgan fingerprint density at radius 3 is 0.868 bits per heavy atom. The van der Waals surface area contributed by atoms with Gasteiger partial charge in [0.05, 0.1) is 0 Å². The van der Waals surface area contributed by atoms with E-state index in [1.165, 1.54) is 0 Å². The molecule has 68 heavy (non-hydrogen) atoms. The maximum absolute atomic E-state index is 13.2. The van der Waals surface area contributed by atoms with Crippen LogP contribution in [-0.2, 0) is 60.5 Å². The van der Waals surface area contributed by atoms with Gasteiger partial charge in [0.25, 0.3) is 0 Å². The first-order valence-corrected chi connectivity index (χ1v) is 22.7. The number of carbonyl (C=O) groups is 5. The minimum absolute atomic E-state index is 0.174. The van der Waals surface area contributed by atoms with Gasteiger partial charge in [-0.25, -0.2) is 24.0 Å². The summed E-state index contributed by atoms with van der Waals surface area (Å²) in [6.07, 6.45) is 0.348. The number of benzene rings is 3. The van der Waals surface area contributed by atoms with Crippen LogP contribution in [0.5, 0.6) is 28.7 Å². The number of hydrogen-bond donors (Lipinski definition) is 0. The highest BCUT2D eigenvalue weighted by atomic mass is 16.6. The van der Waals surface area contributed by atoms with Gasteiger partial charge in [0.15, 0.2) is 33.0 Å². The molecule has 0 aliphatic carbocycles. The maximum atomic E-state index is 13.2. The lowest BCUT2D eigenvalue weighted by atomic mass is 9.93. The number of carbonyl (C=O) groups excluding carboxylic acids is 5. The van der Waals surface area contributed by atoms with Crippen molar-refractivity contribution in [2.24, 2.45) is 0 Å². The molecule has 0 aliphatic heterocycles. The zero-order chi connectivity index (χ0) is 51.6. The molecule has 0 aliphatic rings. The molecule has 3 aromatic rings. The highest BCUT2D eigenvalue weighted by molar-refractivity contribution is 5.74. The molecule has 0 unspecified atom stereocenters. The molecular weight excluding hydrogens is 877 g/mol. The van der Waals surface area contributed by atoms with E-state index < -0.39 is 77.7 Å². The van der Waals surface area contributed by atoms with Crippen molar-refractivity contribution in [1.29, 1.82) is 0 Å². The van der Waals surface area contributed by atoms with Gasteiger partial charge in [-0.05, 0) is 159 Å². The summed E-state index contributed by atoms with van der Waals surface area (Å²) in [5.74, 6) is -1.25. The van der Waals surface area contributed by atoms with Crippen molar-refractivity contribution < 1.29 is 71.3 Å². The van der Waals surface area contributed by atoms with Gasteiger partial charge in [0.1, 0.15) is 56.8 Å². The molecule has 15 heteroatoms. The second kappa shape index (κ2) is 22.9. The zero-order valence-electron chi connectivity index (χ0n) is 43.5. The van der Waals surface area contributed by atoms with Crippen LogP contribution in [0.4, 0.5) is 0 Å². The van der Waals surface area contributed by atoms with Gasteiger partial charge in [-0.15, -0.1) is 0 Å². The predicted molar refractivity (Wildman–Crippen MR) is 256 cm³/mol. The van der Waals surface area contributed by atoms with Crippen LogP contribution >= 0.6 is 0 Å². The van der Waals surface area contributed by atoms with Crippen molar-refractivity contribution >= 4 is 29.8 Å². The Kier molecular flexibility index (Phi) is 18.9. The molecule has 0 spiro atoms. The van der Waals surface area contributed by atoms with Gasteiger partial charge in [0.2, 0.25) is 0 Å². The van der Waals surface area contributed by atoms with E-state index in [4.69, 9.17) is 47.4 Å². The molecule has 0 radical (unpaired) electrons. The fraction of sp³-hybridized carbons (Fsp3) is 0.566. The first-order chi connectivity index (χ1) is 31.1. The van der Waals surface area contributed by atoms with E-state index in [9.17, 15) is 24.0 Å². The molecule has 3 rings (SSSR count). The Morgan fingerprint density at radius 2 is 0.603 bits per heavy atom. The Morgan fingerprint density at radius 1 is 0.353 bits per heavy atom. The summed E-state index contributed by atoms with van der Waals surface area (Å²) < 4.78 is 58.3. The first-order valence-electron chi connectivity index (χ1n) is 22.7. The van der Waals surface area contributed by atoms with E-state index in [-0.39, 0.29) is 26.1 Å². The third-order valence-corrected chi connectivity index (χ3v) is 8.82. The molecule has 0 saturated carbocycles. The SMILES string of the molecule is Cc1cc(Cc2ccc(OCC(=O)OC(C)(C)C)c(C)c2OCC(=O)OC(C)(C)C)c(OCC(=O)OC(C)(C)C)c(Cc2ccc(OCC(=O)OC(C)(C)C)c(C)c2OCC(=O)OC(C)(C)C)c1. The van der Waals surface area contributed by atoms with E-state index in [0.717, 1.165) is 5.56 Å². The lowest BCUT2D eigenvalue weighted by Crippen LogP contribution is -2.28. The van der Waals surface area contributed by atoms with Gasteiger partial charge in [0, 0.05) is 24.0 Å². The molecule has 3 aromatic carbocycles. The van der Waals surface area contributed by atoms with Crippen molar-refractivity contribution in [1.82, 2.24) is 0 Å². The third kappa shape index (κ3) is 20.1. The summed E-state index contributed by atoms with van der Waals surface area (Å²) >= 11 is 0. The Bertz CT molecular complexity index is 2130. The summed E-state index contributed by atoms with van der Waals surface area (Å²) in [5.41, 5.74) is 0.669. The van der Waals surface area contributed by atoms with E-state index in [2.05, 4.69) is 0 Å². The molecular formula is C53H74O15. The molecule has 0 bridgehead atoms. The average Bonchev–Trinajstić information content (AvgIpc) is 3.13. The molecule has 0 aromatic heterocycles. The van der Waals surface area contributed by atoms with Crippen molar-refractivity contribution in [3.63, 3.8) is 0 Å². The third-order valence-electron chi connectivity index (χ3n) is 8.82. The second-order valence-corrected chi connectivity index (χ2v) is 21.5.